The molecule has 0 spiro atoms. The molecule has 1 unspecified atom stereocenters. The lowest BCUT2D eigenvalue weighted by molar-refractivity contribution is 0.143. The molecule has 0 heterocycles. The van der Waals surface area contributed by atoms with Crippen molar-refractivity contribution in [2.24, 2.45) is 5.92 Å². The quantitative estimate of drug-likeness (QED) is 0.835. The molecule has 0 amide bonds. The molecule has 0 aromatic heterocycles. The van der Waals surface area contributed by atoms with Crippen LogP contribution in [0.5, 0.6) is 0 Å². The molecule has 0 radical (unpaired) electrons. The highest BCUT2D eigenvalue weighted by atomic mass is 79.9. The van der Waals surface area contributed by atoms with E-state index in [0.717, 1.165) is 17.3 Å². The molecule has 18 heavy (non-hydrogen) atoms. The number of aliphatic hydroxyl groups is 1. The number of rotatable bonds is 6. The average Bonchev–Trinajstić information content (AvgIpc) is 3.13. The minimum atomic E-state index is -3.46. The molecule has 2 N–H and O–H groups in total. The Morgan fingerprint density at radius 3 is 2.50 bits per heavy atom. The van der Waals surface area contributed by atoms with E-state index in [2.05, 4.69) is 20.7 Å². The predicted molar refractivity (Wildman–Crippen MR) is 72.7 cm³/mol. The molecule has 1 atom stereocenters. The van der Waals surface area contributed by atoms with Crippen molar-refractivity contribution < 1.29 is 13.5 Å². The largest absolute Gasteiger partial charge is 0.393 e. The predicted octanol–water partition coefficient (Wildman–Crippen LogP) is 1.89. The van der Waals surface area contributed by atoms with Crippen LogP contribution < -0.4 is 4.72 Å². The minimum absolute atomic E-state index is 0.242. The van der Waals surface area contributed by atoms with Gasteiger partial charge in [0, 0.05) is 11.0 Å². The normalized spacial score (nSPS) is 17.7. The van der Waals surface area contributed by atoms with Gasteiger partial charge in [0.05, 0.1) is 11.0 Å². The Morgan fingerprint density at radius 2 is 1.94 bits per heavy atom. The third-order valence-electron chi connectivity index (χ3n) is 3.02. The monoisotopic (exact) mass is 333 g/mol. The van der Waals surface area contributed by atoms with Gasteiger partial charge >= 0.3 is 0 Å². The van der Waals surface area contributed by atoms with Crippen LogP contribution in [0.4, 0.5) is 0 Å². The minimum Gasteiger partial charge on any atom is -0.393 e. The number of benzene rings is 1. The van der Waals surface area contributed by atoms with E-state index in [9.17, 15) is 13.5 Å². The number of aliphatic hydroxyl groups excluding tert-OH is 1. The molecule has 100 valence electrons. The van der Waals surface area contributed by atoms with Crippen molar-refractivity contribution >= 4 is 26.0 Å². The number of halogens is 1. The van der Waals surface area contributed by atoms with Gasteiger partial charge in [-0.3, -0.25) is 0 Å². The molecular formula is C12H16BrNO3S. The molecule has 1 fully saturated rings. The van der Waals surface area contributed by atoms with Gasteiger partial charge in [0.25, 0.3) is 0 Å². The maximum atomic E-state index is 11.9. The van der Waals surface area contributed by atoms with Gasteiger partial charge in [0.15, 0.2) is 0 Å². The second kappa shape index (κ2) is 5.69. The van der Waals surface area contributed by atoms with Gasteiger partial charge in [-0.25, -0.2) is 13.1 Å². The third kappa shape index (κ3) is 3.78. The molecule has 0 bridgehead atoms. The lowest BCUT2D eigenvalue weighted by Crippen LogP contribution is -2.27. The van der Waals surface area contributed by atoms with Gasteiger partial charge < -0.3 is 5.11 Å². The number of sulfonamides is 1. The molecule has 1 aromatic carbocycles. The summed E-state index contributed by atoms with van der Waals surface area (Å²) < 4.78 is 27.1. The molecule has 1 saturated carbocycles. The zero-order valence-corrected chi connectivity index (χ0v) is 12.2. The van der Waals surface area contributed by atoms with Crippen molar-refractivity contribution in [1.29, 1.82) is 0 Å². The van der Waals surface area contributed by atoms with Gasteiger partial charge in [0.2, 0.25) is 10.0 Å². The molecule has 2 rings (SSSR count). The van der Waals surface area contributed by atoms with Crippen LogP contribution in [0, 0.1) is 5.92 Å². The van der Waals surface area contributed by atoms with Crippen LogP contribution in [-0.2, 0) is 10.0 Å². The van der Waals surface area contributed by atoms with E-state index >= 15 is 0 Å². The Morgan fingerprint density at radius 1 is 1.33 bits per heavy atom. The first-order valence-corrected chi connectivity index (χ1v) is 8.20. The summed E-state index contributed by atoms with van der Waals surface area (Å²) in [7, 11) is -3.46. The third-order valence-corrected chi connectivity index (χ3v) is 5.03. The standard InChI is InChI=1S/C12H16BrNO3S/c13-10-3-5-11(6-4-10)18(16,17)14-8-7-12(15)9-1-2-9/h3-6,9,12,14-15H,1-2,7-8H2. The molecule has 4 nitrogen and oxygen atoms in total. The Bertz CT molecular complexity index is 497. The highest BCUT2D eigenvalue weighted by Gasteiger charge is 2.29. The number of hydrogen-bond acceptors (Lipinski definition) is 3. The topological polar surface area (TPSA) is 66.4 Å². The van der Waals surface area contributed by atoms with Gasteiger partial charge in [0.1, 0.15) is 0 Å². The smallest absolute Gasteiger partial charge is 0.240 e. The fourth-order valence-corrected chi connectivity index (χ4v) is 3.07. The highest BCUT2D eigenvalue weighted by molar-refractivity contribution is 9.10. The Balaban J connectivity index is 1.88. The second-order valence-electron chi connectivity index (χ2n) is 4.55. The van der Waals surface area contributed by atoms with Gasteiger partial charge in [-0.2, -0.15) is 0 Å². The Hall–Kier alpha value is -0.430. The fraction of sp³-hybridized carbons (Fsp3) is 0.500. The lowest BCUT2D eigenvalue weighted by atomic mass is 10.2. The molecule has 1 aliphatic rings. The van der Waals surface area contributed by atoms with Crippen LogP contribution in [0.1, 0.15) is 19.3 Å². The molecule has 6 heteroatoms. The fourth-order valence-electron chi connectivity index (χ4n) is 1.75. The van der Waals surface area contributed by atoms with Crippen molar-refractivity contribution in [2.75, 3.05) is 6.54 Å². The summed E-state index contributed by atoms with van der Waals surface area (Å²) in [6.45, 7) is 0.274. The molecule has 1 aliphatic carbocycles. The lowest BCUT2D eigenvalue weighted by Gasteiger charge is -2.10. The highest BCUT2D eigenvalue weighted by Crippen LogP contribution is 2.33. The van der Waals surface area contributed by atoms with Crippen molar-refractivity contribution in [3.63, 3.8) is 0 Å². The summed E-state index contributed by atoms with van der Waals surface area (Å²) in [4.78, 5) is 0.242. The zero-order valence-electron chi connectivity index (χ0n) is 9.84. The molecule has 1 aromatic rings. The van der Waals surface area contributed by atoms with Crippen LogP contribution in [-0.4, -0.2) is 26.2 Å². The van der Waals surface area contributed by atoms with Crippen molar-refractivity contribution in [3.8, 4) is 0 Å². The maximum absolute atomic E-state index is 11.9. The molecule has 0 saturated heterocycles. The van der Waals surface area contributed by atoms with E-state index in [4.69, 9.17) is 0 Å². The van der Waals surface area contributed by atoms with Crippen molar-refractivity contribution in [2.45, 2.75) is 30.3 Å². The zero-order chi connectivity index (χ0) is 13.2. The summed E-state index contributed by atoms with van der Waals surface area (Å²) in [5.74, 6) is 0.377. The van der Waals surface area contributed by atoms with Gasteiger partial charge in [-0.15, -0.1) is 0 Å². The summed E-state index contributed by atoms with van der Waals surface area (Å²) in [6, 6.07) is 6.47. The average molecular weight is 334 g/mol. The van der Waals surface area contributed by atoms with E-state index < -0.39 is 10.0 Å². The number of nitrogens with one attached hydrogen (secondary N) is 1. The number of hydrogen-bond donors (Lipinski definition) is 2. The van der Waals surface area contributed by atoms with Crippen LogP contribution >= 0.6 is 15.9 Å². The van der Waals surface area contributed by atoms with Crippen LogP contribution in [0.25, 0.3) is 0 Å². The van der Waals surface area contributed by atoms with Gasteiger partial charge in [-0.1, -0.05) is 15.9 Å². The first-order valence-electron chi connectivity index (χ1n) is 5.92. The SMILES string of the molecule is O=S(=O)(NCCC(O)C1CC1)c1ccc(Br)cc1. The van der Waals surface area contributed by atoms with Crippen LogP contribution in [0.3, 0.4) is 0 Å². The van der Waals surface area contributed by atoms with Crippen LogP contribution in [0.2, 0.25) is 0 Å². The second-order valence-corrected chi connectivity index (χ2v) is 7.23. The van der Waals surface area contributed by atoms with E-state index in [-0.39, 0.29) is 17.5 Å². The summed E-state index contributed by atoms with van der Waals surface area (Å²) in [5, 5.41) is 9.65. The first-order chi connectivity index (χ1) is 8.49. The van der Waals surface area contributed by atoms with Crippen LogP contribution in [0.15, 0.2) is 33.6 Å². The van der Waals surface area contributed by atoms with E-state index in [1.165, 1.54) is 0 Å². The van der Waals surface area contributed by atoms with E-state index in [0.29, 0.717) is 12.3 Å². The van der Waals surface area contributed by atoms with Gasteiger partial charge in [-0.05, 0) is 49.4 Å². The van der Waals surface area contributed by atoms with Crippen molar-refractivity contribution in [3.05, 3.63) is 28.7 Å². The summed E-state index contributed by atoms with van der Waals surface area (Å²) in [6.07, 6.45) is 2.21. The Kier molecular flexibility index (Phi) is 4.42. The molecule has 0 aliphatic heterocycles. The van der Waals surface area contributed by atoms with Crippen molar-refractivity contribution in [1.82, 2.24) is 4.72 Å². The maximum Gasteiger partial charge on any atom is 0.240 e. The summed E-state index contributed by atoms with van der Waals surface area (Å²) >= 11 is 3.26. The Labute approximate surface area is 116 Å². The van der Waals surface area contributed by atoms with E-state index in [1.807, 2.05) is 0 Å². The van der Waals surface area contributed by atoms with E-state index in [1.54, 1.807) is 24.3 Å². The summed E-state index contributed by atoms with van der Waals surface area (Å²) in [5.41, 5.74) is 0. The molecular weight excluding hydrogens is 318 g/mol. The first kappa shape index (κ1) is 14.0.